The molecule has 7 heteroatoms. The molecule has 0 atom stereocenters. The first-order valence-corrected chi connectivity index (χ1v) is 13.3. The van der Waals surface area contributed by atoms with Crippen LogP contribution in [-0.2, 0) is 0 Å². The molecule has 192 valence electrons. The lowest BCUT2D eigenvalue weighted by Gasteiger charge is -2.46. The summed E-state index contributed by atoms with van der Waals surface area (Å²) < 4.78 is 6.05. The van der Waals surface area contributed by atoms with E-state index in [0.717, 1.165) is 49.4 Å². The third-order valence-corrected chi connectivity index (χ3v) is 8.59. The van der Waals surface area contributed by atoms with E-state index in [0.29, 0.717) is 16.9 Å². The fourth-order valence-electron chi connectivity index (χ4n) is 6.20. The Morgan fingerprint density at radius 3 is 2.73 bits per heavy atom. The number of hydrogen-bond donors (Lipinski definition) is 2. The Balaban J connectivity index is 1.14. The molecule has 1 saturated heterocycles. The van der Waals surface area contributed by atoms with E-state index >= 15 is 0 Å². The summed E-state index contributed by atoms with van der Waals surface area (Å²) in [4.78, 5) is 24.2. The van der Waals surface area contributed by atoms with Gasteiger partial charge in [0, 0.05) is 56.1 Å². The number of aromatic carboxylic acids is 1. The zero-order chi connectivity index (χ0) is 25.4. The van der Waals surface area contributed by atoms with Gasteiger partial charge in [-0.05, 0) is 67.4 Å². The van der Waals surface area contributed by atoms with E-state index in [1.807, 2.05) is 30.5 Å². The molecule has 0 unspecified atom stereocenters. The maximum atomic E-state index is 11.9. The van der Waals surface area contributed by atoms with Gasteiger partial charge in [-0.15, -0.1) is 0 Å². The normalized spacial score (nSPS) is 19.7. The van der Waals surface area contributed by atoms with Gasteiger partial charge in [0.15, 0.2) is 0 Å². The molecular weight excluding hydrogens is 464 g/mol. The van der Waals surface area contributed by atoms with Crippen molar-refractivity contribution >= 4 is 22.7 Å². The van der Waals surface area contributed by atoms with Crippen LogP contribution in [0.1, 0.15) is 48.9 Å². The molecule has 37 heavy (non-hydrogen) atoms. The van der Waals surface area contributed by atoms with Crippen LogP contribution in [0.5, 0.6) is 11.5 Å². The van der Waals surface area contributed by atoms with Crippen molar-refractivity contribution in [3.8, 4) is 11.5 Å². The van der Waals surface area contributed by atoms with Crippen LogP contribution in [0.15, 0.2) is 66.5 Å². The number of carboxylic acids is 1. The Bertz CT molecular complexity index is 1360. The maximum absolute atomic E-state index is 11.9. The first-order valence-electron chi connectivity index (χ1n) is 13.3. The average molecular weight is 499 g/mol. The summed E-state index contributed by atoms with van der Waals surface area (Å²) in [6.45, 7) is 8.90. The molecule has 2 N–H and O–H groups in total. The van der Waals surface area contributed by atoms with E-state index in [4.69, 9.17) is 4.74 Å². The molecule has 3 aromatic rings. The number of piperazine rings is 1. The molecule has 3 heterocycles. The van der Waals surface area contributed by atoms with Crippen LogP contribution < -0.4 is 9.64 Å². The van der Waals surface area contributed by atoms with Crippen molar-refractivity contribution in [3.05, 3.63) is 72.1 Å². The third-order valence-electron chi connectivity index (χ3n) is 8.59. The molecular formula is C30H34N4O3. The van der Waals surface area contributed by atoms with Crippen molar-refractivity contribution in [2.45, 2.75) is 38.5 Å². The maximum Gasteiger partial charge on any atom is 0.339 e. The summed E-state index contributed by atoms with van der Waals surface area (Å²) in [6.07, 6.45) is 13.5. The van der Waals surface area contributed by atoms with Gasteiger partial charge in [-0.25, -0.2) is 9.78 Å². The van der Waals surface area contributed by atoms with Gasteiger partial charge in [-0.2, -0.15) is 0 Å². The van der Waals surface area contributed by atoms with Crippen molar-refractivity contribution < 1.29 is 14.6 Å². The number of allylic oxidation sites excluding steroid dienone is 2. The fraction of sp³-hybridized carbons (Fsp3) is 0.400. The molecule has 1 aromatic carbocycles. The van der Waals surface area contributed by atoms with Crippen LogP contribution in [0.25, 0.3) is 11.0 Å². The molecule has 0 bridgehead atoms. The number of rotatable bonds is 7. The summed E-state index contributed by atoms with van der Waals surface area (Å²) in [5.41, 5.74) is 5.54. The molecule has 0 amide bonds. The van der Waals surface area contributed by atoms with Gasteiger partial charge in [0.05, 0.1) is 6.20 Å². The average Bonchev–Trinajstić information content (AvgIpc) is 3.36. The second kappa shape index (κ2) is 9.71. The Labute approximate surface area is 217 Å². The molecule has 1 saturated carbocycles. The third kappa shape index (κ3) is 4.76. The van der Waals surface area contributed by atoms with Crippen molar-refractivity contribution in [2.24, 2.45) is 5.41 Å². The van der Waals surface area contributed by atoms with E-state index in [9.17, 15) is 9.90 Å². The van der Waals surface area contributed by atoms with Gasteiger partial charge >= 0.3 is 5.97 Å². The predicted molar refractivity (Wildman–Crippen MR) is 146 cm³/mol. The van der Waals surface area contributed by atoms with Crippen molar-refractivity contribution in [1.29, 1.82) is 0 Å². The highest BCUT2D eigenvalue weighted by Crippen LogP contribution is 2.53. The number of carbonyl (C=O) groups is 1. The summed E-state index contributed by atoms with van der Waals surface area (Å²) in [7, 11) is 0. The van der Waals surface area contributed by atoms with Gasteiger partial charge in [0.25, 0.3) is 0 Å². The smallest absolute Gasteiger partial charge is 0.339 e. The van der Waals surface area contributed by atoms with Crippen molar-refractivity contribution in [3.63, 3.8) is 0 Å². The molecule has 2 fully saturated rings. The minimum absolute atomic E-state index is 0.141. The second-order valence-electron chi connectivity index (χ2n) is 10.8. The topological polar surface area (TPSA) is 81.7 Å². The van der Waals surface area contributed by atoms with Crippen LogP contribution in [-0.4, -0.2) is 58.7 Å². The number of fused-ring (bicyclic) bond motifs is 1. The van der Waals surface area contributed by atoms with Gasteiger partial charge in [-0.3, -0.25) is 4.90 Å². The summed E-state index contributed by atoms with van der Waals surface area (Å²) in [5.74, 6) is -0.166. The van der Waals surface area contributed by atoms with Crippen LogP contribution in [0.2, 0.25) is 0 Å². The zero-order valence-electron chi connectivity index (χ0n) is 21.2. The summed E-state index contributed by atoms with van der Waals surface area (Å²) in [6, 6.07) is 9.15. The van der Waals surface area contributed by atoms with Crippen molar-refractivity contribution in [1.82, 2.24) is 14.9 Å². The lowest BCUT2D eigenvalue weighted by Crippen LogP contribution is -2.47. The van der Waals surface area contributed by atoms with Gasteiger partial charge in [0.2, 0.25) is 0 Å². The van der Waals surface area contributed by atoms with Crippen molar-refractivity contribution in [2.75, 3.05) is 37.6 Å². The standard InChI is InChI=1S/C30H34N4O3/c1-2-21-18-30(8-3-9-30)10-6-23(21)20-33-12-14-34(15-13-33)24-4-5-26(29(35)36)27(17-24)37-25-16-22-7-11-31-28(22)32-19-25/h2,4-5,7,11,16-17,19H,1,3,6,8-10,12-15,18,20H2,(H,31,32)(H,35,36). The number of hydrogen-bond acceptors (Lipinski definition) is 5. The molecule has 1 spiro atoms. The van der Waals surface area contributed by atoms with E-state index in [2.05, 4.69) is 32.4 Å². The molecule has 7 nitrogen and oxygen atoms in total. The summed E-state index contributed by atoms with van der Waals surface area (Å²) >= 11 is 0. The minimum Gasteiger partial charge on any atom is -0.478 e. The minimum atomic E-state index is -1.01. The lowest BCUT2D eigenvalue weighted by molar-refractivity contribution is 0.0694. The SMILES string of the molecule is C=CC1=C(CN2CCN(c3ccc(C(=O)O)c(Oc4cnc5[nH]ccc5c4)c3)CC2)CCC2(CCC2)C1. The predicted octanol–water partition coefficient (Wildman–Crippen LogP) is 6.01. The van der Waals surface area contributed by atoms with Crippen LogP contribution in [0, 0.1) is 5.41 Å². The molecule has 0 radical (unpaired) electrons. The zero-order valence-corrected chi connectivity index (χ0v) is 21.2. The van der Waals surface area contributed by atoms with Crippen LogP contribution >= 0.6 is 0 Å². The first-order chi connectivity index (χ1) is 18.0. The number of anilines is 1. The molecule has 1 aliphatic heterocycles. The number of ether oxygens (including phenoxy) is 1. The van der Waals surface area contributed by atoms with E-state index in [-0.39, 0.29) is 5.56 Å². The van der Waals surface area contributed by atoms with Gasteiger partial charge in [-0.1, -0.05) is 24.6 Å². The van der Waals surface area contributed by atoms with Crippen LogP contribution in [0.3, 0.4) is 0 Å². The fourth-order valence-corrected chi connectivity index (χ4v) is 6.20. The Morgan fingerprint density at radius 2 is 2.00 bits per heavy atom. The van der Waals surface area contributed by atoms with E-state index in [1.54, 1.807) is 17.8 Å². The Morgan fingerprint density at radius 1 is 1.16 bits per heavy atom. The van der Waals surface area contributed by atoms with E-state index < -0.39 is 5.97 Å². The molecule has 2 aliphatic carbocycles. The highest BCUT2D eigenvalue weighted by atomic mass is 16.5. The Hall–Kier alpha value is -3.58. The van der Waals surface area contributed by atoms with Crippen LogP contribution in [0.4, 0.5) is 5.69 Å². The van der Waals surface area contributed by atoms with Gasteiger partial charge in [0.1, 0.15) is 22.7 Å². The quantitative estimate of drug-likeness (QED) is 0.415. The molecule has 3 aliphatic rings. The number of benzene rings is 1. The largest absolute Gasteiger partial charge is 0.478 e. The lowest BCUT2D eigenvalue weighted by atomic mass is 9.59. The molecule has 6 rings (SSSR count). The second-order valence-corrected chi connectivity index (χ2v) is 10.8. The number of aromatic amines is 1. The highest BCUT2D eigenvalue weighted by molar-refractivity contribution is 5.92. The number of pyridine rings is 1. The number of aromatic nitrogens is 2. The Kier molecular flexibility index (Phi) is 6.24. The first kappa shape index (κ1) is 23.8. The molecule has 2 aromatic heterocycles. The monoisotopic (exact) mass is 498 g/mol. The van der Waals surface area contributed by atoms with E-state index in [1.165, 1.54) is 44.1 Å². The highest BCUT2D eigenvalue weighted by Gasteiger charge is 2.39. The summed E-state index contributed by atoms with van der Waals surface area (Å²) in [5, 5.41) is 10.6. The number of nitrogens with one attached hydrogen (secondary N) is 1. The number of H-pyrrole nitrogens is 1. The number of nitrogens with zero attached hydrogens (tertiary/aromatic N) is 3. The van der Waals surface area contributed by atoms with Gasteiger partial charge < -0.3 is 19.7 Å². The number of carboxylic acid groups (broad SMARTS) is 1.